The standard InChI is InChI=1S/C17H21N4O2/c1-12-13-4-2-3-5-14(13)20-17(15(12)16(18)22)19-6-7-21-8-10-23-11-9-21/h3-5H,6-11H2,1H3,(H2,18,22)(H,19,20). The normalized spacial score (nSPS) is 15.7. The number of hydrogen-bond acceptors (Lipinski definition) is 5. The van der Waals surface area contributed by atoms with E-state index in [1.54, 1.807) is 0 Å². The van der Waals surface area contributed by atoms with Gasteiger partial charge in [-0.25, -0.2) is 4.98 Å². The summed E-state index contributed by atoms with van der Waals surface area (Å²) in [5, 5.41) is 4.17. The van der Waals surface area contributed by atoms with Crippen molar-refractivity contribution < 1.29 is 9.53 Å². The quantitative estimate of drug-likeness (QED) is 0.866. The van der Waals surface area contributed by atoms with Crippen LogP contribution in [-0.2, 0) is 4.74 Å². The van der Waals surface area contributed by atoms with Gasteiger partial charge in [0.25, 0.3) is 5.91 Å². The average Bonchev–Trinajstić information content (AvgIpc) is 2.55. The summed E-state index contributed by atoms with van der Waals surface area (Å²) in [4.78, 5) is 18.7. The third-order valence-corrected chi connectivity index (χ3v) is 4.16. The molecule has 3 rings (SSSR count). The lowest BCUT2D eigenvalue weighted by Gasteiger charge is -2.26. The van der Waals surface area contributed by atoms with Gasteiger partial charge in [0.15, 0.2) is 0 Å². The summed E-state index contributed by atoms with van der Waals surface area (Å²) in [6.45, 7) is 6.90. The van der Waals surface area contributed by atoms with Crippen molar-refractivity contribution in [2.75, 3.05) is 44.7 Å². The van der Waals surface area contributed by atoms with Crippen LogP contribution in [0.2, 0.25) is 0 Å². The molecule has 0 aliphatic carbocycles. The van der Waals surface area contributed by atoms with Gasteiger partial charge in [-0.2, -0.15) is 0 Å². The molecule has 6 nitrogen and oxygen atoms in total. The van der Waals surface area contributed by atoms with E-state index in [1.165, 1.54) is 0 Å². The first kappa shape index (κ1) is 15.7. The number of nitrogens with two attached hydrogens (primary N) is 1. The van der Waals surface area contributed by atoms with Crippen LogP contribution in [0, 0.1) is 13.0 Å². The third-order valence-electron chi connectivity index (χ3n) is 4.16. The minimum atomic E-state index is -0.463. The van der Waals surface area contributed by atoms with Gasteiger partial charge in [-0.15, -0.1) is 0 Å². The number of nitrogens with zero attached hydrogens (tertiary/aromatic N) is 2. The lowest BCUT2D eigenvalue weighted by molar-refractivity contribution is 0.0398. The zero-order chi connectivity index (χ0) is 16.2. The molecule has 121 valence electrons. The van der Waals surface area contributed by atoms with Crippen molar-refractivity contribution in [3.05, 3.63) is 35.4 Å². The van der Waals surface area contributed by atoms with E-state index < -0.39 is 5.91 Å². The lowest BCUT2D eigenvalue weighted by Crippen LogP contribution is -2.39. The Bertz CT molecular complexity index is 711. The average molecular weight is 313 g/mol. The van der Waals surface area contributed by atoms with Gasteiger partial charge in [-0.1, -0.05) is 6.07 Å². The summed E-state index contributed by atoms with van der Waals surface area (Å²) in [5.74, 6) is 0.0941. The number of hydrogen-bond donors (Lipinski definition) is 2. The van der Waals surface area contributed by atoms with Crippen LogP contribution in [0.25, 0.3) is 10.9 Å². The van der Waals surface area contributed by atoms with Gasteiger partial charge in [0, 0.05) is 31.6 Å². The molecule has 6 heteroatoms. The molecule has 23 heavy (non-hydrogen) atoms. The summed E-state index contributed by atoms with van der Waals surface area (Å²) in [7, 11) is 0. The molecular formula is C17H21N4O2. The monoisotopic (exact) mass is 313 g/mol. The number of benzene rings is 1. The number of anilines is 1. The van der Waals surface area contributed by atoms with Crippen LogP contribution in [0.5, 0.6) is 0 Å². The summed E-state index contributed by atoms with van der Waals surface area (Å²) in [6.07, 6.45) is 0. The number of primary amides is 1. The fraction of sp³-hybridized carbons (Fsp3) is 0.412. The molecule has 0 spiro atoms. The van der Waals surface area contributed by atoms with E-state index in [0.29, 0.717) is 17.9 Å². The predicted molar refractivity (Wildman–Crippen MR) is 89.6 cm³/mol. The number of ether oxygens (including phenoxy) is 1. The van der Waals surface area contributed by atoms with Gasteiger partial charge in [0.2, 0.25) is 0 Å². The van der Waals surface area contributed by atoms with Gasteiger partial charge >= 0.3 is 0 Å². The van der Waals surface area contributed by atoms with E-state index in [2.05, 4.69) is 21.3 Å². The van der Waals surface area contributed by atoms with E-state index in [1.807, 2.05) is 25.1 Å². The molecule has 2 aromatic rings. The number of fused-ring (bicyclic) bond motifs is 1. The van der Waals surface area contributed by atoms with E-state index in [0.717, 1.165) is 49.3 Å². The van der Waals surface area contributed by atoms with Crippen molar-refractivity contribution in [1.29, 1.82) is 0 Å². The first-order chi connectivity index (χ1) is 11.2. The fourth-order valence-electron chi connectivity index (χ4n) is 2.90. The van der Waals surface area contributed by atoms with E-state index in [4.69, 9.17) is 10.5 Å². The van der Waals surface area contributed by atoms with E-state index in [9.17, 15) is 4.79 Å². The molecule has 2 heterocycles. The van der Waals surface area contributed by atoms with Gasteiger partial charge in [-0.05, 0) is 30.7 Å². The molecule has 1 aliphatic heterocycles. The van der Waals surface area contributed by atoms with Gasteiger partial charge in [0.05, 0.1) is 24.3 Å². The summed E-state index contributed by atoms with van der Waals surface area (Å²) in [5.41, 5.74) is 7.70. The van der Waals surface area contributed by atoms with Crippen molar-refractivity contribution in [2.45, 2.75) is 6.92 Å². The number of carbonyl (C=O) groups excluding carboxylic acids is 1. The van der Waals surface area contributed by atoms with Gasteiger partial charge in [0.1, 0.15) is 5.82 Å². The highest BCUT2D eigenvalue weighted by Crippen LogP contribution is 2.25. The summed E-state index contributed by atoms with van der Waals surface area (Å²) < 4.78 is 5.34. The van der Waals surface area contributed by atoms with Crippen molar-refractivity contribution in [1.82, 2.24) is 9.88 Å². The molecule has 1 amide bonds. The van der Waals surface area contributed by atoms with Gasteiger partial charge in [-0.3, -0.25) is 9.69 Å². The maximum atomic E-state index is 11.9. The number of nitrogens with one attached hydrogen (secondary N) is 1. The number of rotatable bonds is 5. The number of carbonyl (C=O) groups is 1. The highest BCUT2D eigenvalue weighted by atomic mass is 16.5. The van der Waals surface area contributed by atoms with Crippen LogP contribution in [0.15, 0.2) is 18.2 Å². The fourth-order valence-corrected chi connectivity index (χ4v) is 2.90. The van der Waals surface area contributed by atoms with Crippen molar-refractivity contribution in [3.63, 3.8) is 0 Å². The Labute approximate surface area is 135 Å². The Morgan fingerprint density at radius 2 is 2.26 bits per heavy atom. The second-order valence-electron chi connectivity index (χ2n) is 5.65. The Hall–Kier alpha value is -2.18. The molecule has 0 bridgehead atoms. The Balaban J connectivity index is 1.81. The molecule has 0 unspecified atom stereocenters. The maximum absolute atomic E-state index is 11.9. The molecule has 3 N–H and O–H groups in total. The topological polar surface area (TPSA) is 80.5 Å². The van der Waals surface area contributed by atoms with Crippen molar-refractivity contribution >= 4 is 22.6 Å². The predicted octanol–water partition coefficient (Wildman–Crippen LogP) is 1.19. The second kappa shape index (κ2) is 6.93. The number of morpholine rings is 1. The minimum absolute atomic E-state index is 0.457. The minimum Gasteiger partial charge on any atom is -0.379 e. The molecule has 1 saturated heterocycles. The highest BCUT2D eigenvalue weighted by Gasteiger charge is 2.17. The first-order valence-electron chi connectivity index (χ1n) is 7.81. The van der Waals surface area contributed by atoms with Crippen LogP contribution in [0.3, 0.4) is 0 Å². The molecule has 1 radical (unpaired) electrons. The van der Waals surface area contributed by atoms with Crippen LogP contribution in [-0.4, -0.2) is 55.2 Å². The van der Waals surface area contributed by atoms with Crippen molar-refractivity contribution in [3.8, 4) is 0 Å². The zero-order valence-corrected chi connectivity index (χ0v) is 13.3. The number of pyridine rings is 1. The number of aryl methyl sites for hydroxylation is 1. The van der Waals surface area contributed by atoms with Crippen LogP contribution in [0.4, 0.5) is 5.82 Å². The summed E-state index contributed by atoms with van der Waals surface area (Å²) in [6, 6.07) is 8.56. The molecule has 1 aromatic carbocycles. The molecular weight excluding hydrogens is 292 g/mol. The Morgan fingerprint density at radius 1 is 1.48 bits per heavy atom. The smallest absolute Gasteiger partial charge is 0.252 e. The summed E-state index contributed by atoms with van der Waals surface area (Å²) >= 11 is 0. The Kier molecular flexibility index (Phi) is 4.73. The molecule has 1 aliphatic rings. The van der Waals surface area contributed by atoms with Gasteiger partial charge < -0.3 is 15.8 Å². The largest absolute Gasteiger partial charge is 0.379 e. The lowest BCUT2D eigenvalue weighted by atomic mass is 10.0. The Morgan fingerprint density at radius 3 is 3.00 bits per heavy atom. The molecule has 0 atom stereocenters. The number of aromatic nitrogens is 1. The van der Waals surface area contributed by atoms with E-state index >= 15 is 0 Å². The van der Waals surface area contributed by atoms with Crippen molar-refractivity contribution in [2.24, 2.45) is 5.73 Å². The molecule has 0 saturated carbocycles. The zero-order valence-electron chi connectivity index (χ0n) is 13.3. The first-order valence-corrected chi connectivity index (χ1v) is 7.81. The number of amides is 1. The van der Waals surface area contributed by atoms with Crippen LogP contribution in [0.1, 0.15) is 15.9 Å². The van der Waals surface area contributed by atoms with E-state index in [-0.39, 0.29) is 0 Å². The third kappa shape index (κ3) is 3.43. The maximum Gasteiger partial charge on any atom is 0.252 e. The highest BCUT2D eigenvalue weighted by molar-refractivity contribution is 6.03. The van der Waals surface area contributed by atoms with Crippen LogP contribution >= 0.6 is 0 Å². The SMILES string of the molecule is Cc1c(C(N)=O)c(NCCN2CCOCC2)nc2cc[c]cc12. The molecule has 1 fully saturated rings. The second-order valence-corrected chi connectivity index (χ2v) is 5.65. The molecule has 1 aromatic heterocycles. The van der Waals surface area contributed by atoms with Crippen LogP contribution < -0.4 is 11.1 Å².